The van der Waals surface area contributed by atoms with Gasteiger partial charge in [0.15, 0.2) is 0 Å². The number of carbonyl (C=O) groups excluding carboxylic acids is 1. The molecule has 0 radical (unpaired) electrons. The van der Waals surface area contributed by atoms with Crippen LogP contribution in [-0.4, -0.2) is 30.1 Å². The third kappa shape index (κ3) is 5.24. The van der Waals surface area contributed by atoms with Crippen molar-refractivity contribution in [2.24, 2.45) is 0 Å². The Morgan fingerprint density at radius 3 is 2.64 bits per heavy atom. The number of rotatable bonds is 8. The van der Waals surface area contributed by atoms with E-state index in [-0.39, 0.29) is 24.7 Å². The van der Waals surface area contributed by atoms with Gasteiger partial charge in [-0.25, -0.2) is 4.79 Å². The van der Waals surface area contributed by atoms with Crippen molar-refractivity contribution in [2.75, 3.05) is 7.11 Å². The van der Waals surface area contributed by atoms with Crippen LogP contribution in [0.25, 0.3) is 0 Å². The number of nitrogens with one attached hydrogen (secondary N) is 1. The van der Waals surface area contributed by atoms with Crippen LogP contribution < -0.4 is 10.1 Å². The summed E-state index contributed by atoms with van der Waals surface area (Å²) >= 11 is 0. The number of benzene rings is 1. The largest absolute Gasteiger partial charge is 0.496 e. The molecule has 0 heterocycles. The highest BCUT2D eigenvalue weighted by Crippen LogP contribution is 2.28. The number of carbonyl (C=O) groups is 2. The highest BCUT2D eigenvalue weighted by atomic mass is 16.5. The SMILES string of the molecule is C/C=C/CC(NC(=O)CC(C)c1ccccc1OC)C(=O)O. The van der Waals surface area contributed by atoms with Gasteiger partial charge < -0.3 is 15.2 Å². The van der Waals surface area contributed by atoms with Crippen LogP contribution in [0.4, 0.5) is 0 Å². The molecule has 0 bridgehead atoms. The highest BCUT2D eigenvalue weighted by molar-refractivity contribution is 5.84. The van der Waals surface area contributed by atoms with Gasteiger partial charge in [0.25, 0.3) is 0 Å². The lowest BCUT2D eigenvalue weighted by atomic mass is 9.96. The van der Waals surface area contributed by atoms with Crippen LogP contribution in [0, 0.1) is 0 Å². The second-order valence-corrected chi connectivity index (χ2v) is 5.11. The first-order valence-corrected chi connectivity index (χ1v) is 7.25. The van der Waals surface area contributed by atoms with Crippen molar-refractivity contribution in [1.82, 2.24) is 5.32 Å². The van der Waals surface area contributed by atoms with Crippen LogP contribution in [0.1, 0.15) is 38.2 Å². The monoisotopic (exact) mass is 305 g/mol. The number of allylic oxidation sites excluding steroid dienone is 1. The van der Waals surface area contributed by atoms with E-state index in [0.717, 1.165) is 11.3 Å². The van der Waals surface area contributed by atoms with Crippen molar-refractivity contribution in [3.8, 4) is 5.75 Å². The lowest BCUT2D eigenvalue weighted by Gasteiger charge is -2.17. The van der Waals surface area contributed by atoms with Gasteiger partial charge in [-0.1, -0.05) is 37.3 Å². The van der Waals surface area contributed by atoms with Gasteiger partial charge >= 0.3 is 5.97 Å². The van der Waals surface area contributed by atoms with Crippen LogP contribution in [0.5, 0.6) is 5.75 Å². The van der Waals surface area contributed by atoms with Crippen LogP contribution in [0.3, 0.4) is 0 Å². The summed E-state index contributed by atoms with van der Waals surface area (Å²) in [5.41, 5.74) is 0.931. The third-order valence-electron chi connectivity index (χ3n) is 3.40. The van der Waals surface area contributed by atoms with Crippen molar-refractivity contribution < 1.29 is 19.4 Å². The van der Waals surface area contributed by atoms with Crippen molar-refractivity contribution in [1.29, 1.82) is 0 Å². The minimum absolute atomic E-state index is 0.0627. The normalized spacial score (nSPS) is 13.6. The molecule has 0 aromatic heterocycles. The fourth-order valence-electron chi connectivity index (χ4n) is 2.21. The topological polar surface area (TPSA) is 75.6 Å². The number of carboxylic acids is 1. The smallest absolute Gasteiger partial charge is 0.326 e. The molecule has 0 aliphatic heterocycles. The summed E-state index contributed by atoms with van der Waals surface area (Å²) < 4.78 is 5.29. The van der Waals surface area contributed by atoms with Crippen molar-refractivity contribution in [3.05, 3.63) is 42.0 Å². The number of aliphatic carboxylic acids is 1. The molecule has 1 rings (SSSR count). The Bertz CT molecular complexity index is 539. The van der Waals surface area contributed by atoms with E-state index >= 15 is 0 Å². The Balaban J connectivity index is 2.68. The number of hydrogen-bond donors (Lipinski definition) is 2. The molecule has 22 heavy (non-hydrogen) atoms. The molecule has 5 heteroatoms. The van der Waals surface area contributed by atoms with Gasteiger partial charge in [-0.2, -0.15) is 0 Å². The highest BCUT2D eigenvalue weighted by Gasteiger charge is 2.21. The van der Waals surface area contributed by atoms with E-state index in [1.54, 1.807) is 19.3 Å². The molecule has 0 saturated carbocycles. The molecule has 1 aromatic carbocycles. The van der Waals surface area contributed by atoms with Gasteiger partial charge in [0.05, 0.1) is 7.11 Å². The Morgan fingerprint density at radius 2 is 2.05 bits per heavy atom. The minimum Gasteiger partial charge on any atom is -0.496 e. The molecule has 2 unspecified atom stereocenters. The summed E-state index contributed by atoms with van der Waals surface area (Å²) in [6.45, 7) is 3.73. The average molecular weight is 305 g/mol. The number of amides is 1. The van der Waals surface area contributed by atoms with E-state index in [0.29, 0.717) is 0 Å². The first-order chi connectivity index (χ1) is 10.5. The number of para-hydroxylation sites is 1. The molecule has 1 amide bonds. The van der Waals surface area contributed by atoms with Gasteiger partial charge in [0.1, 0.15) is 11.8 Å². The third-order valence-corrected chi connectivity index (χ3v) is 3.40. The number of carboxylic acid groups (broad SMARTS) is 1. The maximum Gasteiger partial charge on any atom is 0.326 e. The number of hydrogen-bond acceptors (Lipinski definition) is 3. The Hall–Kier alpha value is -2.30. The summed E-state index contributed by atoms with van der Waals surface area (Å²) in [5, 5.41) is 11.7. The summed E-state index contributed by atoms with van der Waals surface area (Å²) in [6, 6.07) is 6.61. The van der Waals surface area contributed by atoms with Crippen LogP contribution in [0.15, 0.2) is 36.4 Å². The zero-order valence-corrected chi connectivity index (χ0v) is 13.2. The quantitative estimate of drug-likeness (QED) is 0.724. The minimum atomic E-state index is -1.03. The van der Waals surface area contributed by atoms with Gasteiger partial charge in [-0.15, -0.1) is 0 Å². The Kier molecular flexibility index (Phi) is 7.16. The molecule has 0 aliphatic rings. The molecule has 0 fully saturated rings. The first-order valence-electron chi connectivity index (χ1n) is 7.25. The Labute approximate surface area is 131 Å². The standard InChI is InChI=1S/C17H23NO4/c1-4-5-9-14(17(20)21)18-16(19)11-12(2)13-8-6-7-10-15(13)22-3/h4-8,10,12,14H,9,11H2,1-3H3,(H,18,19)(H,20,21)/b5-4+. The van der Waals surface area contributed by atoms with Crippen molar-refractivity contribution >= 4 is 11.9 Å². The first kappa shape index (κ1) is 17.8. The van der Waals surface area contributed by atoms with Gasteiger partial charge in [0.2, 0.25) is 5.91 Å². The fraction of sp³-hybridized carbons (Fsp3) is 0.412. The summed E-state index contributed by atoms with van der Waals surface area (Å²) in [5.74, 6) is -0.648. The average Bonchev–Trinajstić information content (AvgIpc) is 2.50. The second-order valence-electron chi connectivity index (χ2n) is 5.11. The maximum atomic E-state index is 12.1. The van der Waals surface area contributed by atoms with E-state index in [1.165, 1.54) is 0 Å². The molecule has 120 valence electrons. The van der Waals surface area contributed by atoms with E-state index in [1.807, 2.05) is 38.1 Å². The lowest BCUT2D eigenvalue weighted by Crippen LogP contribution is -2.40. The predicted molar refractivity (Wildman–Crippen MR) is 85.0 cm³/mol. The molecule has 2 atom stereocenters. The lowest BCUT2D eigenvalue weighted by molar-refractivity contribution is -0.141. The summed E-state index contributed by atoms with van der Waals surface area (Å²) in [7, 11) is 1.59. The van der Waals surface area contributed by atoms with Crippen LogP contribution in [-0.2, 0) is 9.59 Å². The predicted octanol–water partition coefficient (Wildman–Crippen LogP) is 2.72. The van der Waals surface area contributed by atoms with Crippen LogP contribution in [0.2, 0.25) is 0 Å². The molecule has 0 aliphatic carbocycles. The van der Waals surface area contributed by atoms with Gasteiger partial charge in [-0.05, 0) is 30.9 Å². The molecule has 5 nitrogen and oxygen atoms in total. The van der Waals surface area contributed by atoms with Gasteiger partial charge in [-0.3, -0.25) is 4.79 Å². The number of ether oxygens (including phenoxy) is 1. The van der Waals surface area contributed by atoms with Crippen molar-refractivity contribution in [2.45, 2.75) is 38.6 Å². The molecule has 0 saturated heterocycles. The van der Waals surface area contributed by atoms with Gasteiger partial charge in [0, 0.05) is 6.42 Å². The van der Waals surface area contributed by atoms with E-state index in [4.69, 9.17) is 9.84 Å². The fourth-order valence-corrected chi connectivity index (χ4v) is 2.21. The van der Waals surface area contributed by atoms with Crippen LogP contribution >= 0.6 is 0 Å². The maximum absolute atomic E-state index is 12.1. The second kappa shape index (κ2) is 8.87. The summed E-state index contributed by atoms with van der Waals surface area (Å²) in [6.07, 6.45) is 3.98. The van der Waals surface area contributed by atoms with E-state index < -0.39 is 12.0 Å². The molecular formula is C17H23NO4. The molecule has 2 N–H and O–H groups in total. The molecular weight excluding hydrogens is 282 g/mol. The Morgan fingerprint density at radius 1 is 1.36 bits per heavy atom. The van der Waals surface area contributed by atoms with E-state index in [9.17, 15) is 9.59 Å². The number of methoxy groups -OCH3 is 1. The van der Waals surface area contributed by atoms with E-state index in [2.05, 4.69) is 5.32 Å². The zero-order valence-electron chi connectivity index (χ0n) is 13.2. The molecule has 0 spiro atoms. The molecule has 1 aromatic rings. The summed E-state index contributed by atoms with van der Waals surface area (Å²) in [4.78, 5) is 23.2. The van der Waals surface area contributed by atoms with Crippen molar-refractivity contribution in [3.63, 3.8) is 0 Å². The zero-order chi connectivity index (χ0) is 16.5.